The van der Waals surface area contributed by atoms with E-state index in [1.807, 2.05) is 0 Å². The molecule has 0 atom stereocenters. The van der Waals surface area contributed by atoms with Crippen molar-refractivity contribution in [1.29, 1.82) is 0 Å². The maximum Gasteiger partial charge on any atom is 2.00 e. The van der Waals surface area contributed by atoms with E-state index < -0.39 is 18.2 Å². The van der Waals surface area contributed by atoms with Gasteiger partial charge < -0.3 is 10.2 Å². The summed E-state index contributed by atoms with van der Waals surface area (Å²) in [6.45, 7) is 0. The van der Waals surface area contributed by atoms with Crippen LogP contribution >= 0.6 is 0 Å². The van der Waals surface area contributed by atoms with Gasteiger partial charge in [-0.25, -0.2) is 10.9 Å². The van der Waals surface area contributed by atoms with Crippen LogP contribution in [0.2, 0.25) is 0 Å². The van der Waals surface area contributed by atoms with E-state index in [1.54, 1.807) is 36.4 Å². The number of rotatable bonds is 6. The van der Waals surface area contributed by atoms with Gasteiger partial charge in [-0.05, 0) is 11.1 Å². The molecule has 128 valence electrons. The molecular formula is C17H14N4O4Zn. The minimum Gasteiger partial charge on any atom is -0.872 e. The van der Waals surface area contributed by atoms with Crippen LogP contribution in [0, 0.1) is 0 Å². The molecule has 0 aliphatic rings. The van der Waals surface area contributed by atoms with Crippen molar-refractivity contribution >= 4 is 24.2 Å². The largest absolute Gasteiger partial charge is 2.00 e. The van der Waals surface area contributed by atoms with E-state index in [0.717, 1.165) is 0 Å². The van der Waals surface area contributed by atoms with Crippen LogP contribution < -0.4 is 21.1 Å². The van der Waals surface area contributed by atoms with Gasteiger partial charge in [0.2, 0.25) is 11.8 Å². The van der Waals surface area contributed by atoms with Gasteiger partial charge in [0, 0.05) is 0 Å². The third-order valence-corrected chi connectivity index (χ3v) is 2.94. The Labute approximate surface area is 162 Å². The maximum absolute atomic E-state index is 11.6. The summed E-state index contributed by atoms with van der Waals surface area (Å²) in [5, 5.41) is 30.1. The molecule has 0 aliphatic heterocycles. The molecule has 26 heavy (non-hydrogen) atoms. The summed E-state index contributed by atoms with van der Waals surface area (Å²) in [7, 11) is 0. The molecule has 0 radical (unpaired) electrons. The third kappa shape index (κ3) is 6.82. The molecule has 9 heteroatoms. The van der Waals surface area contributed by atoms with E-state index in [1.165, 1.54) is 24.6 Å². The van der Waals surface area contributed by atoms with Crippen LogP contribution in [0.3, 0.4) is 0 Å². The monoisotopic (exact) mass is 402 g/mol. The van der Waals surface area contributed by atoms with E-state index >= 15 is 0 Å². The number of carbonyl (C=O) groups excluding carboxylic acids is 2. The molecule has 0 saturated carbocycles. The first-order valence-electron chi connectivity index (χ1n) is 7.22. The molecule has 0 fully saturated rings. The summed E-state index contributed by atoms with van der Waals surface area (Å²) in [6, 6.07) is 12.3. The van der Waals surface area contributed by atoms with E-state index in [4.69, 9.17) is 0 Å². The van der Waals surface area contributed by atoms with Crippen molar-refractivity contribution in [3.05, 3.63) is 59.7 Å². The van der Waals surface area contributed by atoms with Crippen molar-refractivity contribution in [3.63, 3.8) is 0 Å². The summed E-state index contributed by atoms with van der Waals surface area (Å²) in [5.41, 5.74) is 4.90. The molecule has 0 spiro atoms. The second-order valence-electron chi connectivity index (χ2n) is 4.84. The van der Waals surface area contributed by atoms with Crippen molar-refractivity contribution in [1.82, 2.24) is 10.9 Å². The topological polar surface area (TPSA) is 129 Å². The molecular weight excluding hydrogens is 390 g/mol. The third-order valence-electron chi connectivity index (χ3n) is 2.94. The minimum absolute atomic E-state index is 0. The number of benzene rings is 2. The zero-order chi connectivity index (χ0) is 18.1. The van der Waals surface area contributed by atoms with Gasteiger partial charge in [0.25, 0.3) is 0 Å². The number of nitrogens with one attached hydrogen (secondary N) is 2. The van der Waals surface area contributed by atoms with E-state index in [9.17, 15) is 19.8 Å². The Morgan fingerprint density at radius 1 is 0.808 bits per heavy atom. The van der Waals surface area contributed by atoms with Crippen LogP contribution in [0.4, 0.5) is 0 Å². The number of hydrogen-bond acceptors (Lipinski definition) is 6. The number of carbonyl (C=O) groups is 2. The van der Waals surface area contributed by atoms with Gasteiger partial charge in [-0.2, -0.15) is 10.2 Å². The Hall–Kier alpha value is -3.06. The van der Waals surface area contributed by atoms with E-state index in [-0.39, 0.29) is 31.0 Å². The number of hydrogen-bond donors (Lipinski definition) is 2. The van der Waals surface area contributed by atoms with Crippen molar-refractivity contribution in [2.75, 3.05) is 0 Å². The minimum atomic E-state index is -0.670. The Kier molecular flexibility index (Phi) is 8.67. The van der Waals surface area contributed by atoms with Crippen LogP contribution in [0.15, 0.2) is 58.7 Å². The van der Waals surface area contributed by atoms with Crippen LogP contribution in [0.5, 0.6) is 11.5 Å². The standard InChI is InChI=1S/C17H16N4O4.Zn/c22-14-7-3-1-5-12(14)10-18-20-16(24)9-17(25)21-19-11-13-6-2-4-8-15(13)23;/h1-8,10-11,22-23H,9H2,(H,20,24)(H,21,25);/q;+2/p-2/b18-10+,19-11+;. The van der Waals surface area contributed by atoms with E-state index in [2.05, 4.69) is 21.1 Å². The van der Waals surface area contributed by atoms with Gasteiger partial charge in [0.1, 0.15) is 6.42 Å². The second-order valence-corrected chi connectivity index (χ2v) is 4.84. The van der Waals surface area contributed by atoms with Crippen LogP contribution in [0.1, 0.15) is 17.5 Å². The van der Waals surface area contributed by atoms with Gasteiger partial charge in [-0.1, -0.05) is 60.0 Å². The van der Waals surface area contributed by atoms with Gasteiger partial charge in [0.05, 0.1) is 12.4 Å². The first-order chi connectivity index (χ1) is 12.1. The average Bonchev–Trinajstić information content (AvgIpc) is 2.58. The molecule has 2 amide bonds. The molecule has 0 saturated heterocycles. The Bertz CT molecular complexity index is 756. The smallest absolute Gasteiger partial charge is 0.872 e. The molecule has 2 N–H and O–H groups in total. The fourth-order valence-electron chi connectivity index (χ4n) is 1.75. The number of para-hydroxylation sites is 2. The maximum atomic E-state index is 11.6. The Balaban J connectivity index is 0.00000338. The van der Waals surface area contributed by atoms with Crippen molar-refractivity contribution in [3.8, 4) is 11.5 Å². The molecule has 8 nitrogen and oxygen atoms in total. The molecule has 0 bridgehead atoms. The van der Waals surface area contributed by atoms with Gasteiger partial charge in [0.15, 0.2) is 0 Å². The predicted octanol–water partition coefficient (Wildman–Crippen LogP) is -0.178. The number of nitrogens with zero attached hydrogens (tertiary/aromatic N) is 2. The number of hydrazone groups is 2. The average molecular weight is 404 g/mol. The van der Waals surface area contributed by atoms with Crippen LogP contribution in [-0.2, 0) is 29.1 Å². The van der Waals surface area contributed by atoms with Gasteiger partial charge in [-0.3, -0.25) is 9.59 Å². The van der Waals surface area contributed by atoms with Crippen molar-refractivity contribution in [2.45, 2.75) is 6.42 Å². The Morgan fingerprint density at radius 3 is 1.58 bits per heavy atom. The van der Waals surface area contributed by atoms with Gasteiger partial charge in [-0.15, -0.1) is 0 Å². The molecule has 2 aromatic rings. The normalized spacial score (nSPS) is 10.5. The number of amides is 2. The summed E-state index contributed by atoms with van der Waals surface area (Å²) in [5.74, 6) is -1.80. The molecule has 0 aromatic heterocycles. The summed E-state index contributed by atoms with van der Waals surface area (Å²) in [6.07, 6.45) is 1.88. The quantitative estimate of drug-likeness (QED) is 0.300. The summed E-state index contributed by atoms with van der Waals surface area (Å²) < 4.78 is 0. The zero-order valence-electron chi connectivity index (χ0n) is 13.7. The molecule has 0 aliphatic carbocycles. The van der Waals surface area contributed by atoms with E-state index in [0.29, 0.717) is 11.1 Å². The predicted molar refractivity (Wildman–Crippen MR) is 87.9 cm³/mol. The summed E-state index contributed by atoms with van der Waals surface area (Å²) in [4.78, 5) is 23.1. The van der Waals surface area contributed by atoms with Crippen LogP contribution in [-0.4, -0.2) is 24.2 Å². The fraction of sp³-hybridized carbons (Fsp3) is 0.0588. The summed E-state index contributed by atoms with van der Waals surface area (Å²) >= 11 is 0. The van der Waals surface area contributed by atoms with Crippen molar-refractivity contribution < 1.29 is 39.3 Å². The molecule has 0 unspecified atom stereocenters. The van der Waals surface area contributed by atoms with Crippen molar-refractivity contribution in [2.24, 2.45) is 10.2 Å². The molecule has 2 rings (SSSR count). The fourth-order valence-corrected chi connectivity index (χ4v) is 1.75. The zero-order valence-corrected chi connectivity index (χ0v) is 16.7. The first-order valence-corrected chi connectivity index (χ1v) is 7.22. The van der Waals surface area contributed by atoms with Gasteiger partial charge >= 0.3 is 19.5 Å². The SMILES string of the molecule is O=C(CC(=O)N/N=C/c1ccccc1[O-])N/N=C/c1ccccc1[O-].[Zn+2]. The molecule has 0 heterocycles. The molecule has 2 aromatic carbocycles. The second kappa shape index (κ2) is 10.7. The first kappa shape index (κ1) is 21.0. The van der Waals surface area contributed by atoms with Crippen LogP contribution in [0.25, 0.3) is 0 Å². The Morgan fingerprint density at radius 2 is 1.19 bits per heavy atom.